The number of hydrogen-bond acceptors (Lipinski definition) is 15. The molecule has 3 N–H and O–H groups in total. The van der Waals surface area contributed by atoms with E-state index in [4.69, 9.17) is 48.1 Å². The van der Waals surface area contributed by atoms with E-state index in [1.165, 1.54) is 5.82 Å². The number of imidazole rings is 3. The molecule has 90 heavy (non-hydrogen) atoms. The van der Waals surface area contributed by atoms with E-state index in [1.54, 1.807) is 15.0 Å². The molecule has 9 aromatic rings. The second-order valence-corrected chi connectivity index (χ2v) is 27.0. The average molecular weight is 1260 g/mol. The Balaban J connectivity index is 0.695. The van der Waals surface area contributed by atoms with Crippen molar-refractivity contribution in [1.82, 2.24) is 73.8 Å². The lowest BCUT2D eigenvalue weighted by molar-refractivity contribution is 0.309. The van der Waals surface area contributed by atoms with Crippen molar-refractivity contribution in [3.63, 3.8) is 0 Å². The highest BCUT2D eigenvalue weighted by molar-refractivity contribution is 6.31. The largest absolute Gasteiger partial charge is 0.355 e. The van der Waals surface area contributed by atoms with E-state index in [0.29, 0.717) is 32.7 Å². The standard InChI is InChI=1S/C68H80Cl2F2N18/c1-41-33-45(43-35-56-80-66(54-17-8-14-51(78-54)63-47(69)11-10-20-73-63)68(72)89(56)59(37-43)86-29-23-83(4)24-30-86)39-74-61(41)49-12-6-16-53(76-49)65-67(71)90-57(81-65)36-44(38-60(90)87-31-25-84(5)26-32-87)46-34-48(70)64(75-40-46)52-15-7-13-50(77-52)62-42(2)88-55(79-62)18-9-19-58(88)85-27-21-82(3)22-28-85/h9-11,18-20,33-40,49-54,76-78H,6-8,12-17,21-32H2,1-5H3/t49-,50+,51-,52-,53+,54+/m0/s1. The Morgan fingerprint density at radius 2 is 0.844 bits per heavy atom. The molecule has 0 aliphatic carbocycles. The summed E-state index contributed by atoms with van der Waals surface area (Å²) in [5.41, 5.74) is 12.2. The molecule has 0 unspecified atom stereocenters. The lowest BCUT2D eigenvalue weighted by Gasteiger charge is -2.34. The zero-order valence-corrected chi connectivity index (χ0v) is 53.6. The van der Waals surface area contributed by atoms with Gasteiger partial charge in [0.25, 0.3) is 0 Å². The summed E-state index contributed by atoms with van der Waals surface area (Å²) < 4.78 is 40.5. The van der Waals surface area contributed by atoms with Gasteiger partial charge in [-0.05, 0) is 170 Å². The maximum Gasteiger partial charge on any atom is 0.224 e. The third-order valence-electron chi connectivity index (χ3n) is 20.3. The van der Waals surface area contributed by atoms with Crippen molar-refractivity contribution in [3.05, 3.63) is 153 Å². The molecular weight excluding hydrogens is 1180 g/mol. The van der Waals surface area contributed by atoms with Gasteiger partial charge >= 0.3 is 0 Å². The van der Waals surface area contributed by atoms with Crippen LogP contribution in [0.4, 0.5) is 26.2 Å². The van der Waals surface area contributed by atoms with Gasteiger partial charge in [0.1, 0.15) is 45.8 Å². The molecule has 0 saturated carbocycles. The first kappa shape index (κ1) is 59.4. The minimum Gasteiger partial charge on any atom is -0.355 e. The molecule has 0 spiro atoms. The molecule has 470 valence electrons. The van der Waals surface area contributed by atoms with E-state index in [1.807, 2.05) is 42.7 Å². The highest BCUT2D eigenvalue weighted by Crippen LogP contribution is 2.42. The number of likely N-dealkylation sites (N-methyl/N-ethyl adjacent to an activating group) is 3. The summed E-state index contributed by atoms with van der Waals surface area (Å²) >= 11 is 14.0. The maximum absolute atomic E-state index is 17.6. The van der Waals surface area contributed by atoms with Crippen LogP contribution in [-0.2, 0) is 0 Å². The average Bonchev–Trinajstić information content (AvgIpc) is 1.71. The third kappa shape index (κ3) is 11.1. The van der Waals surface area contributed by atoms with E-state index in [0.717, 1.165) is 210 Å². The van der Waals surface area contributed by atoms with Crippen LogP contribution >= 0.6 is 23.2 Å². The Kier molecular flexibility index (Phi) is 16.3. The van der Waals surface area contributed by atoms with Crippen molar-refractivity contribution in [2.24, 2.45) is 0 Å². The normalized spacial score (nSPS) is 23.7. The van der Waals surface area contributed by atoms with Gasteiger partial charge in [0.2, 0.25) is 11.9 Å². The fraction of sp³-hybridized carbons (Fsp3) is 0.471. The summed E-state index contributed by atoms with van der Waals surface area (Å²) in [5.74, 6) is 2.02. The van der Waals surface area contributed by atoms with Crippen molar-refractivity contribution in [3.8, 4) is 22.3 Å². The SMILES string of the molecule is Cc1cc(-c2cc(N3CCN(C)CC3)n3c(F)c([C@H]4CCC[C@@H](c5ncccc5Cl)N4)nc3c2)cnc1[C@@H]1CCC[C@H](c2nc3cc(-c4cnc([C@@H]5CCC[C@H](c6nc7cccc(N8CCN(C)CC8)n7c6C)N5)c(Cl)c4)cc(N4CCN(C)CC4)n3c2F)N1. The number of pyridine rings is 6. The van der Waals surface area contributed by atoms with Crippen LogP contribution in [0.1, 0.15) is 139 Å². The number of nitrogens with zero attached hydrogens (tertiary/aromatic N) is 15. The molecule has 6 aliphatic heterocycles. The van der Waals surface area contributed by atoms with Crippen LogP contribution in [0.25, 0.3) is 39.2 Å². The molecule has 15 rings (SSSR count). The number of piperazine rings is 3. The fourth-order valence-corrected chi connectivity index (χ4v) is 15.7. The summed E-state index contributed by atoms with van der Waals surface area (Å²) in [7, 11) is 6.44. The number of aromatic nitrogens is 9. The molecule has 0 aromatic carbocycles. The smallest absolute Gasteiger partial charge is 0.224 e. The van der Waals surface area contributed by atoms with Crippen LogP contribution in [0, 0.1) is 25.7 Å². The predicted molar refractivity (Wildman–Crippen MR) is 352 cm³/mol. The van der Waals surface area contributed by atoms with Crippen molar-refractivity contribution < 1.29 is 8.78 Å². The summed E-state index contributed by atoms with van der Waals surface area (Å²) in [5, 5.41) is 12.6. The number of nitrogens with one attached hydrogen (secondary N) is 3. The molecule has 15 heterocycles. The van der Waals surface area contributed by atoms with Gasteiger partial charge < -0.3 is 45.3 Å². The molecular formula is C68H80Cl2F2N18. The molecule has 0 amide bonds. The third-order valence-corrected chi connectivity index (χ3v) is 20.9. The molecule has 18 nitrogen and oxygen atoms in total. The lowest BCUT2D eigenvalue weighted by atomic mass is 9.92. The molecule has 6 atom stereocenters. The van der Waals surface area contributed by atoms with Gasteiger partial charge in [-0.25, -0.2) is 15.0 Å². The minimum atomic E-state index is -0.355. The van der Waals surface area contributed by atoms with Crippen LogP contribution in [0.3, 0.4) is 0 Å². The predicted octanol–water partition coefficient (Wildman–Crippen LogP) is 11.3. The topological polar surface area (TPSA) is 146 Å². The number of halogens is 4. The van der Waals surface area contributed by atoms with Gasteiger partial charge in [-0.15, -0.1) is 0 Å². The van der Waals surface area contributed by atoms with Gasteiger partial charge in [0, 0.05) is 114 Å². The van der Waals surface area contributed by atoms with E-state index >= 15 is 8.78 Å². The Hall–Kier alpha value is -6.88. The summed E-state index contributed by atoms with van der Waals surface area (Å²) in [6.07, 6.45) is 13.4. The first-order valence-corrected chi connectivity index (χ1v) is 33.3. The molecule has 22 heteroatoms. The molecule has 9 aromatic heterocycles. The Bertz CT molecular complexity index is 4140. The first-order valence-electron chi connectivity index (χ1n) is 32.5. The van der Waals surface area contributed by atoms with E-state index in [9.17, 15) is 0 Å². The second-order valence-electron chi connectivity index (χ2n) is 26.2. The van der Waals surface area contributed by atoms with Crippen LogP contribution in [0.2, 0.25) is 10.0 Å². The fourth-order valence-electron chi connectivity index (χ4n) is 15.2. The highest BCUT2D eigenvalue weighted by Gasteiger charge is 2.36. The van der Waals surface area contributed by atoms with Gasteiger partial charge in [0.15, 0.2) is 0 Å². The van der Waals surface area contributed by atoms with Gasteiger partial charge in [-0.1, -0.05) is 29.3 Å². The first-order chi connectivity index (χ1) is 43.8. The Labute approximate surface area is 534 Å². The van der Waals surface area contributed by atoms with Gasteiger partial charge in [-0.3, -0.25) is 28.2 Å². The van der Waals surface area contributed by atoms with Crippen molar-refractivity contribution in [2.75, 3.05) is 114 Å². The molecule has 0 bridgehead atoms. The second kappa shape index (κ2) is 24.6. The number of piperidine rings is 3. The summed E-state index contributed by atoms with van der Waals surface area (Å²) in [6, 6.07) is 21.6. The number of rotatable bonds is 11. The lowest BCUT2D eigenvalue weighted by Crippen LogP contribution is -2.45. The minimum absolute atomic E-state index is 0.0495. The number of anilines is 3. The zero-order chi connectivity index (χ0) is 61.5. The molecule has 6 fully saturated rings. The summed E-state index contributed by atoms with van der Waals surface area (Å²) in [4.78, 5) is 44.4. The quantitative estimate of drug-likeness (QED) is 0.113. The van der Waals surface area contributed by atoms with Crippen molar-refractivity contribution in [2.45, 2.75) is 108 Å². The number of hydrogen-bond donors (Lipinski definition) is 3. The van der Waals surface area contributed by atoms with Crippen molar-refractivity contribution in [1.29, 1.82) is 0 Å². The molecule has 6 aliphatic rings. The number of aryl methyl sites for hydroxylation is 2. The van der Waals surface area contributed by atoms with E-state index < -0.39 is 0 Å². The van der Waals surface area contributed by atoms with E-state index in [2.05, 4.69) is 126 Å². The van der Waals surface area contributed by atoms with Crippen LogP contribution in [0.15, 0.2) is 85.3 Å². The van der Waals surface area contributed by atoms with Crippen molar-refractivity contribution >= 4 is 57.6 Å². The van der Waals surface area contributed by atoms with E-state index in [-0.39, 0.29) is 48.1 Å². The Morgan fingerprint density at radius 3 is 1.33 bits per heavy atom. The zero-order valence-electron chi connectivity index (χ0n) is 52.1. The Morgan fingerprint density at radius 1 is 0.411 bits per heavy atom. The van der Waals surface area contributed by atoms with Crippen LogP contribution in [0.5, 0.6) is 0 Å². The van der Waals surface area contributed by atoms with Gasteiger partial charge in [-0.2, -0.15) is 8.78 Å². The van der Waals surface area contributed by atoms with Crippen LogP contribution < -0.4 is 30.7 Å². The van der Waals surface area contributed by atoms with Gasteiger partial charge in [0.05, 0.1) is 69.1 Å². The van der Waals surface area contributed by atoms with Crippen LogP contribution in [-0.4, -0.2) is 157 Å². The number of fused-ring (bicyclic) bond motifs is 3. The molecule has 0 radical (unpaired) electrons. The monoisotopic (exact) mass is 1260 g/mol. The maximum atomic E-state index is 17.6. The summed E-state index contributed by atoms with van der Waals surface area (Å²) in [6.45, 7) is 14.8. The highest BCUT2D eigenvalue weighted by atomic mass is 35.5. The molecule has 6 saturated heterocycles.